The molecule has 0 radical (unpaired) electrons. The zero-order valence-corrected chi connectivity index (χ0v) is 9.23. The van der Waals surface area contributed by atoms with Crippen molar-refractivity contribution in [2.75, 3.05) is 13.2 Å². The Balaban J connectivity index is 2.77. The van der Waals surface area contributed by atoms with Crippen LogP contribution >= 0.6 is 0 Å². The van der Waals surface area contributed by atoms with E-state index in [-0.39, 0.29) is 6.61 Å². The van der Waals surface area contributed by atoms with Crippen molar-refractivity contribution in [2.45, 2.75) is 26.4 Å². The summed E-state index contributed by atoms with van der Waals surface area (Å²) in [5.74, 6) is 0.698. The first kappa shape index (κ1) is 12.0. The molecule has 0 saturated carbocycles. The second-order valence-electron chi connectivity index (χ2n) is 3.64. The second-order valence-corrected chi connectivity index (χ2v) is 3.64. The fourth-order valence-electron chi connectivity index (χ4n) is 1.37. The highest BCUT2D eigenvalue weighted by atomic mass is 16.5. The Labute approximate surface area is 90.3 Å². The first-order valence-electron chi connectivity index (χ1n) is 5.17. The van der Waals surface area contributed by atoms with Crippen LogP contribution in [0, 0.1) is 6.92 Å². The molecule has 0 fully saturated rings. The molecule has 15 heavy (non-hydrogen) atoms. The van der Waals surface area contributed by atoms with Gasteiger partial charge in [0.15, 0.2) is 0 Å². The van der Waals surface area contributed by atoms with Crippen LogP contribution in [0.5, 0.6) is 5.75 Å². The van der Waals surface area contributed by atoms with E-state index in [0.29, 0.717) is 18.8 Å². The summed E-state index contributed by atoms with van der Waals surface area (Å²) in [6.07, 6.45) is 0.0710. The minimum absolute atomic E-state index is 0.121. The van der Waals surface area contributed by atoms with Gasteiger partial charge in [-0.15, -0.1) is 0 Å². The SMILES string of the molecule is Cc1ccc(OCCCO)c([C@@H](C)O)c1. The molecule has 1 atom stereocenters. The Kier molecular flexibility index (Phi) is 4.59. The van der Waals surface area contributed by atoms with Gasteiger partial charge in [0.1, 0.15) is 5.75 Å². The van der Waals surface area contributed by atoms with Gasteiger partial charge in [0.25, 0.3) is 0 Å². The van der Waals surface area contributed by atoms with Gasteiger partial charge in [0, 0.05) is 18.6 Å². The first-order valence-corrected chi connectivity index (χ1v) is 5.17. The normalized spacial score (nSPS) is 12.5. The van der Waals surface area contributed by atoms with Crippen LogP contribution in [0.4, 0.5) is 0 Å². The highest BCUT2D eigenvalue weighted by Gasteiger charge is 2.08. The molecular formula is C12H18O3. The van der Waals surface area contributed by atoms with Crippen LogP contribution in [-0.4, -0.2) is 23.4 Å². The molecular weight excluding hydrogens is 192 g/mol. The predicted octanol–water partition coefficient (Wildman–Crippen LogP) is 1.81. The number of hydrogen-bond acceptors (Lipinski definition) is 3. The van der Waals surface area contributed by atoms with Crippen LogP contribution < -0.4 is 4.74 Å². The lowest BCUT2D eigenvalue weighted by Gasteiger charge is -2.13. The van der Waals surface area contributed by atoms with Crippen molar-refractivity contribution in [3.8, 4) is 5.75 Å². The van der Waals surface area contributed by atoms with Crippen molar-refractivity contribution in [3.63, 3.8) is 0 Å². The molecule has 1 rings (SSSR count). The molecule has 0 heterocycles. The number of ether oxygens (including phenoxy) is 1. The van der Waals surface area contributed by atoms with Gasteiger partial charge < -0.3 is 14.9 Å². The maximum Gasteiger partial charge on any atom is 0.125 e. The third kappa shape index (κ3) is 3.53. The van der Waals surface area contributed by atoms with E-state index in [1.165, 1.54) is 0 Å². The van der Waals surface area contributed by atoms with Crippen molar-refractivity contribution in [2.24, 2.45) is 0 Å². The minimum Gasteiger partial charge on any atom is -0.493 e. The summed E-state index contributed by atoms with van der Waals surface area (Å²) < 4.78 is 5.47. The average Bonchev–Trinajstić information content (AvgIpc) is 2.20. The lowest BCUT2D eigenvalue weighted by Crippen LogP contribution is -2.04. The number of hydrogen-bond donors (Lipinski definition) is 2. The fraction of sp³-hybridized carbons (Fsp3) is 0.500. The summed E-state index contributed by atoms with van der Waals surface area (Å²) in [5, 5.41) is 18.2. The van der Waals surface area contributed by atoms with E-state index in [9.17, 15) is 5.11 Å². The molecule has 0 bridgehead atoms. The van der Waals surface area contributed by atoms with Crippen molar-refractivity contribution >= 4 is 0 Å². The van der Waals surface area contributed by atoms with Crippen molar-refractivity contribution < 1.29 is 14.9 Å². The summed E-state index contributed by atoms with van der Waals surface area (Å²) in [6.45, 7) is 4.28. The van der Waals surface area contributed by atoms with Gasteiger partial charge in [-0.05, 0) is 26.0 Å². The predicted molar refractivity (Wildman–Crippen MR) is 59.0 cm³/mol. The van der Waals surface area contributed by atoms with E-state index in [1.54, 1.807) is 6.92 Å². The minimum atomic E-state index is -0.533. The summed E-state index contributed by atoms with van der Waals surface area (Å²) >= 11 is 0. The summed E-state index contributed by atoms with van der Waals surface area (Å²) in [5.41, 5.74) is 1.90. The molecule has 0 aliphatic carbocycles. The van der Waals surface area contributed by atoms with E-state index in [0.717, 1.165) is 11.1 Å². The quantitative estimate of drug-likeness (QED) is 0.729. The maximum atomic E-state index is 9.56. The van der Waals surface area contributed by atoms with Gasteiger partial charge in [-0.25, -0.2) is 0 Å². The topological polar surface area (TPSA) is 49.7 Å². The highest BCUT2D eigenvalue weighted by Crippen LogP contribution is 2.26. The largest absolute Gasteiger partial charge is 0.493 e. The number of benzene rings is 1. The molecule has 0 saturated heterocycles. The highest BCUT2D eigenvalue weighted by molar-refractivity contribution is 5.38. The molecule has 0 aromatic heterocycles. The Morgan fingerprint density at radius 1 is 1.40 bits per heavy atom. The van der Waals surface area contributed by atoms with Gasteiger partial charge in [-0.2, -0.15) is 0 Å². The van der Waals surface area contributed by atoms with E-state index >= 15 is 0 Å². The Hall–Kier alpha value is -1.06. The number of rotatable bonds is 5. The molecule has 1 aromatic rings. The zero-order chi connectivity index (χ0) is 11.3. The molecule has 0 aliphatic rings. The molecule has 3 nitrogen and oxygen atoms in total. The van der Waals surface area contributed by atoms with Crippen LogP contribution in [0.3, 0.4) is 0 Å². The third-order valence-electron chi connectivity index (χ3n) is 2.18. The van der Waals surface area contributed by atoms with E-state index in [4.69, 9.17) is 9.84 Å². The monoisotopic (exact) mass is 210 g/mol. The van der Waals surface area contributed by atoms with E-state index in [2.05, 4.69) is 0 Å². The fourth-order valence-corrected chi connectivity index (χ4v) is 1.37. The Bertz CT molecular complexity index is 308. The maximum absolute atomic E-state index is 9.56. The van der Waals surface area contributed by atoms with Gasteiger partial charge in [-0.3, -0.25) is 0 Å². The summed E-state index contributed by atoms with van der Waals surface area (Å²) in [7, 11) is 0. The van der Waals surface area contributed by atoms with Crippen molar-refractivity contribution in [1.82, 2.24) is 0 Å². The van der Waals surface area contributed by atoms with Crippen molar-refractivity contribution in [3.05, 3.63) is 29.3 Å². The van der Waals surface area contributed by atoms with E-state index in [1.807, 2.05) is 25.1 Å². The third-order valence-corrected chi connectivity index (χ3v) is 2.18. The van der Waals surface area contributed by atoms with Crippen LogP contribution in [0.15, 0.2) is 18.2 Å². The summed E-state index contributed by atoms with van der Waals surface area (Å²) in [6, 6.07) is 5.72. The Morgan fingerprint density at radius 2 is 2.13 bits per heavy atom. The van der Waals surface area contributed by atoms with Crippen LogP contribution in [-0.2, 0) is 0 Å². The Morgan fingerprint density at radius 3 is 2.73 bits per heavy atom. The van der Waals surface area contributed by atoms with E-state index < -0.39 is 6.10 Å². The molecule has 0 spiro atoms. The average molecular weight is 210 g/mol. The second kappa shape index (κ2) is 5.73. The van der Waals surface area contributed by atoms with Gasteiger partial charge in [-0.1, -0.05) is 11.6 Å². The first-order chi connectivity index (χ1) is 7.15. The standard InChI is InChI=1S/C12H18O3/c1-9-4-5-12(15-7-3-6-13)11(8-9)10(2)14/h4-5,8,10,13-14H,3,6-7H2,1-2H3/t10-/m1/s1. The lowest BCUT2D eigenvalue weighted by atomic mass is 10.1. The van der Waals surface area contributed by atoms with Gasteiger partial charge in [0.2, 0.25) is 0 Å². The molecule has 1 aromatic carbocycles. The number of aliphatic hydroxyl groups excluding tert-OH is 2. The molecule has 2 N–H and O–H groups in total. The van der Waals surface area contributed by atoms with Gasteiger partial charge >= 0.3 is 0 Å². The summed E-state index contributed by atoms with van der Waals surface area (Å²) in [4.78, 5) is 0. The molecule has 84 valence electrons. The molecule has 0 amide bonds. The number of aliphatic hydroxyl groups is 2. The lowest BCUT2D eigenvalue weighted by molar-refractivity contribution is 0.187. The van der Waals surface area contributed by atoms with Crippen LogP contribution in [0.1, 0.15) is 30.6 Å². The molecule has 0 aliphatic heterocycles. The zero-order valence-electron chi connectivity index (χ0n) is 9.23. The van der Waals surface area contributed by atoms with Crippen molar-refractivity contribution in [1.29, 1.82) is 0 Å². The number of aryl methyl sites for hydroxylation is 1. The van der Waals surface area contributed by atoms with Crippen LogP contribution in [0.2, 0.25) is 0 Å². The smallest absolute Gasteiger partial charge is 0.125 e. The van der Waals surface area contributed by atoms with Gasteiger partial charge in [0.05, 0.1) is 12.7 Å². The molecule has 3 heteroatoms. The molecule has 0 unspecified atom stereocenters. The van der Waals surface area contributed by atoms with Crippen LogP contribution in [0.25, 0.3) is 0 Å².